The van der Waals surface area contributed by atoms with Crippen LogP contribution in [0, 0.1) is 5.92 Å². The van der Waals surface area contributed by atoms with Gasteiger partial charge in [-0.3, -0.25) is 0 Å². The van der Waals surface area contributed by atoms with Gasteiger partial charge in [-0.1, -0.05) is 0 Å². The van der Waals surface area contributed by atoms with Crippen LogP contribution in [0.1, 0.15) is 33.6 Å². The molecule has 0 aromatic carbocycles. The molecule has 0 atom stereocenters. The zero-order valence-electron chi connectivity index (χ0n) is 12.0. The predicted octanol–water partition coefficient (Wildman–Crippen LogP) is 1.37. The smallest absolute Gasteiger partial charge is 0.191 e. The van der Waals surface area contributed by atoms with E-state index >= 15 is 0 Å². The molecule has 1 aliphatic heterocycles. The molecule has 0 bridgehead atoms. The number of rotatable bonds is 2. The number of hydrogen-bond acceptors (Lipinski definition) is 2. The van der Waals surface area contributed by atoms with E-state index in [4.69, 9.17) is 5.73 Å². The Bertz CT molecular complexity index is 257. The van der Waals surface area contributed by atoms with Gasteiger partial charge in [0.25, 0.3) is 0 Å². The van der Waals surface area contributed by atoms with E-state index in [-0.39, 0.29) is 5.54 Å². The Labute approximate surface area is 106 Å². The average Bonchev–Trinajstić information content (AvgIpc) is 2.15. The van der Waals surface area contributed by atoms with Crippen molar-refractivity contribution >= 4 is 5.96 Å². The summed E-state index contributed by atoms with van der Waals surface area (Å²) < 4.78 is 0. The number of guanidine groups is 1. The molecule has 0 amide bonds. The van der Waals surface area contributed by atoms with Gasteiger partial charge in [0.2, 0.25) is 0 Å². The number of aliphatic imine (C=N–C) groups is 1. The summed E-state index contributed by atoms with van der Waals surface area (Å²) in [5.41, 5.74) is 5.97. The van der Waals surface area contributed by atoms with E-state index in [0.29, 0.717) is 5.96 Å². The van der Waals surface area contributed by atoms with Gasteiger partial charge in [0.05, 0.1) is 5.54 Å². The van der Waals surface area contributed by atoms with Crippen molar-refractivity contribution in [2.45, 2.75) is 39.2 Å². The molecule has 17 heavy (non-hydrogen) atoms. The van der Waals surface area contributed by atoms with Crippen molar-refractivity contribution in [2.75, 3.05) is 33.7 Å². The van der Waals surface area contributed by atoms with Crippen molar-refractivity contribution in [3.05, 3.63) is 0 Å². The third-order valence-electron chi connectivity index (χ3n) is 3.01. The monoisotopic (exact) mass is 240 g/mol. The first-order valence-corrected chi connectivity index (χ1v) is 6.53. The van der Waals surface area contributed by atoms with E-state index < -0.39 is 0 Å². The molecular formula is C13H28N4. The molecule has 4 heteroatoms. The van der Waals surface area contributed by atoms with Gasteiger partial charge in [0.15, 0.2) is 5.96 Å². The Morgan fingerprint density at radius 1 is 1.29 bits per heavy atom. The Morgan fingerprint density at radius 2 is 1.82 bits per heavy atom. The normalized spacial score (nSPS) is 20.1. The van der Waals surface area contributed by atoms with Gasteiger partial charge in [0, 0.05) is 19.6 Å². The minimum Gasteiger partial charge on any atom is -0.370 e. The maximum atomic E-state index is 6.05. The average molecular weight is 240 g/mol. The lowest BCUT2D eigenvalue weighted by Crippen LogP contribution is -2.45. The molecular weight excluding hydrogens is 212 g/mol. The molecule has 0 aromatic rings. The first-order valence-electron chi connectivity index (χ1n) is 6.53. The lowest BCUT2D eigenvalue weighted by atomic mass is 9.96. The molecule has 0 aliphatic carbocycles. The van der Waals surface area contributed by atoms with Crippen LogP contribution < -0.4 is 5.73 Å². The Hall–Kier alpha value is -0.770. The van der Waals surface area contributed by atoms with Crippen LogP contribution in [-0.4, -0.2) is 55.0 Å². The van der Waals surface area contributed by atoms with Crippen LogP contribution in [0.2, 0.25) is 0 Å². The molecule has 0 unspecified atom stereocenters. The number of hydrogen-bond donors (Lipinski definition) is 1. The van der Waals surface area contributed by atoms with Crippen LogP contribution in [0.5, 0.6) is 0 Å². The molecule has 100 valence electrons. The van der Waals surface area contributed by atoms with Crippen molar-refractivity contribution in [2.24, 2.45) is 16.6 Å². The van der Waals surface area contributed by atoms with Crippen LogP contribution in [0.4, 0.5) is 0 Å². The van der Waals surface area contributed by atoms with Crippen molar-refractivity contribution in [1.29, 1.82) is 0 Å². The number of piperidine rings is 1. The first kappa shape index (κ1) is 14.3. The Balaban J connectivity index is 2.44. The van der Waals surface area contributed by atoms with E-state index in [1.807, 2.05) is 0 Å². The molecule has 1 fully saturated rings. The minimum absolute atomic E-state index is 0.0788. The van der Waals surface area contributed by atoms with Crippen LogP contribution in [0.3, 0.4) is 0 Å². The summed E-state index contributed by atoms with van der Waals surface area (Å²) in [6.45, 7) is 9.52. The topological polar surface area (TPSA) is 44.9 Å². The second-order valence-corrected chi connectivity index (χ2v) is 6.33. The van der Waals surface area contributed by atoms with E-state index in [1.54, 1.807) is 0 Å². The van der Waals surface area contributed by atoms with Gasteiger partial charge in [-0.25, -0.2) is 4.99 Å². The SMILES string of the molecule is CN(C)CC1CCN(C(N)=NC(C)(C)C)CC1. The van der Waals surface area contributed by atoms with Gasteiger partial charge >= 0.3 is 0 Å². The van der Waals surface area contributed by atoms with E-state index in [2.05, 4.69) is 49.7 Å². The highest BCUT2D eigenvalue weighted by molar-refractivity contribution is 5.78. The third kappa shape index (κ3) is 5.39. The van der Waals surface area contributed by atoms with Gasteiger partial charge in [-0.15, -0.1) is 0 Å². The third-order valence-corrected chi connectivity index (χ3v) is 3.01. The lowest BCUT2D eigenvalue weighted by molar-refractivity contribution is 0.217. The highest BCUT2D eigenvalue weighted by Gasteiger charge is 2.21. The number of nitrogens with two attached hydrogens (primary N) is 1. The van der Waals surface area contributed by atoms with Gasteiger partial charge in [-0.05, 0) is 53.6 Å². The fourth-order valence-corrected chi connectivity index (χ4v) is 2.28. The molecule has 4 nitrogen and oxygen atoms in total. The van der Waals surface area contributed by atoms with Crippen LogP contribution in [-0.2, 0) is 0 Å². The van der Waals surface area contributed by atoms with Crippen molar-refractivity contribution < 1.29 is 0 Å². The van der Waals surface area contributed by atoms with Crippen molar-refractivity contribution in [3.8, 4) is 0 Å². The van der Waals surface area contributed by atoms with Gasteiger partial charge in [-0.2, -0.15) is 0 Å². The quantitative estimate of drug-likeness (QED) is 0.586. The summed E-state index contributed by atoms with van der Waals surface area (Å²) in [6, 6.07) is 0. The number of nitrogens with zero attached hydrogens (tertiary/aromatic N) is 3. The minimum atomic E-state index is -0.0788. The van der Waals surface area contributed by atoms with Crippen molar-refractivity contribution in [3.63, 3.8) is 0 Å². The molecule has 1 rings (SSSR count). The summed E-state index contributed by atoms with van der Waals surface area (Å²) in [6.07, 6.45) is 2.44. The molecule has 1 heterocycles. The highest BCUT2D eigenvalue weighted by atomic mass is 15.3. The fraction of sp³-hybridized carbons (Fsp3) is 0.923. The summed E-state index contributed by atoms with van der Waals surface area (Å²) in [4.78, 5) is 9.02. The molecule has 2 N–H and O–H groups in total. The largest absolute Gasteiger partial charge is 0.370 e. The fourth-order valence-electron chi connectivity index (χ4n) is 2.28. The molecule has 0 spiro atoms. The zero-order chi connectivity index (χ0) is 13.1. The molecule has 1 saturated heterocycles. The highest BCUT2D eigenvalue weighted by Crippen LogP contribution is 2.18. The number of likely N-dealkylation sites (tertiary alicyclic amines) is 1. The van der Waals surface area contributed by atoms with E-state index in [1.165, 1.54) is 19.4 Å². The van der Waals surface area contributed by atoms with Crippen LogP contribution >= 0.6 is 0 Å². The summed E-state index contributed by atoms with van der Waals surface area (Å²) in [5, 5.41) is 0. The molecule has 0 radical (unpaired) electrons. The van der Waals surface area contributed by atoms with E-state index in [0.717, 1.165) is 19.0 Å². The molecule has 1 aliphatic rings. The standard InChI is InChI=1S/C13H28N4/c1-13(2,3)15-12(14)17-8-6-11(7-9-17)10-16(4)5/h11H,6-10H2,1-5H3,(H2,14,15). The van der Waals surface area contributed by atoms with Crippen molar-refractivity contribution in [1.82, 2.24) is 9.80 Å². The summed E-state index contributed by atoms with van der Waals surface area (Å²) in [5.74, 6) is 1.52. The second-order valence-electron chi connectivity index (χ2n) is 6.33. The zero-order valence-corrected chi connectivity index (χ0v) is 12.0. The Morgan fingerprint density at radius 3 is 2.24 bits per heavy atom. The van der Waals surface area contributed by atoms with Crippen LogP contribution in [0.25, 0.3) is 0 Å². The molecule has 0 saturated carbocycles. The van der Waals surface area contributed by atoms with E-state index in [9.17, 15) is 0 Å². The second kappa shape index (κ2) is 5.71. The predicted molar refractivity (Wildman–Crippen MR) is 74.2 cm³/mol. The summed E-state index contributed by atoms with van der Waals surface area (Å²) in [7, 11) is 4.28. The maximum absolute atomic E-state index is 6.05. The lowest BCUT2D eigenvalue weighted by Gasteiger charge is -2.34. The maximum Gasteiger partial charge on any atom is 0.191 e. The first-order chi connectivity index (χ1) is 7.78. The van der Waals surface area contributed by atoms with Crippen LogP contribution in [0.15, 0.2) is 4.99 Å². The van der Waals surface area contributed by atoms with Gasteiger partial charge in [0.1, 0.15) is 0 Å². The molecule has 0 aromatic heterocycles. The Kier molecular flexibility index (Phi) is 4.80. The van der Waals surface area contributed by atoms with Gasteiger partial charge < -0.3 is 15.5 Å². The summed E-state index contributed by atoms with van der Waals surface area (Å²) >= 11 is 0.